The number of nitrogens with two attached hydrogens (primary N) is 1. The lowest BCUT2D eigenvalue weighted by Crippen LogP contribution is -2.30. The molecule has 2 heterocycles. The van der Waals surface area contributed by atoms with Gasteiger partial charge in [0.15, 0.2) is 0 Å². The van der Waals surface area contributed by atoms with Gasteiger partial charge in [-0.15, -0.1) is 0 Å². The van der Waals surface area contributed by atoms with Crippen molar-refractivity contribution >= 4 is 5.69 Å². The van der Waals surface area contributed by atoms with Crippen molar-refractivity contribution in [3.05, 3.63) is 24.0 Å². The fraction of sp³-hybridized carbons (Fsp3) is 0.538. The number of rotatable bonds is 1. The molecule has 0 spiro atoms. The van der Waals surface area contributed by atoms with Crippen molar-refractivity contribution in [3.63, 3.8) is 0 Å². The van der Waals surface area contributed by atoms with E-state index in [1.54, 1.807) is 12.3 Å². The quantitative estimate of drug-likeness (QED) is 0.782. The van der Waals surface area contributed by atoms with Crippen LogP contribution in [0.4, 0.5) is 5.69 Å². The molecule has 0 bridgehead atoms. The first kappa shape index (κ1) is 10.5. The lowest BCUT2D eigenvalue weighted by molar-refractivity contribution is 0.453. The first-order valence-electron chi connectivity index (χ1n) is 6.14. The predicted octanol–water partition coefficient (Wildman–Crippen LogP) is 1.13. The molecule has 2 fully saturated rings. The third-order valence-electron chi connectivity index (χ3n) is 4.14. The number of aromatic nitrogens is 1. The monoisotopic (exact) mass is 228 g/mol. The van der Waals surface area contributed by atoms with Crippen LogP contribution in [0.5, 0.6) is 0 Å². The normalized spacial score (nSPS) is 31.3. The van der Waals surface area contributed by atoms with Crippen LogP contribution in [0.15, 0.2) is 18.3 Å². The second-order valence-electron chi connectivity index (χ2n) is 5.08. The number of hydrogen-bond donors (Lipinski definition) is 1. The van der Waals surface area contributed by atoms with Gasteiger partial charge in [0.2, 0.25) is 0 Å². The van der Waals surface area contributed by atoms with Crippen molar-refractivity contribution in [1.82, 2.24) is 4.98 Å². The van der Waals surface area contributed by atoms with Crippen molar-refractivity contribution in [2.75, 3.05) is 18.0 Å². The lowest BCUT2D eigenvalue weighted by atomic mass is 9.98. The summed E-state index contributed by atoms with van der Waals surface area (Å²) in [5.41, 5.74) is 7.71. The van der Waals surface area contributed by atoms with Gasteiger partial charge in [0, 0.05) is 19.1 Å². The standard InChI is InChI=1S/C13H16N4/c14-5-10-2-3-11(6-16-10)17-7-9-1-4-13(15)12(9)8-17/h2-3,6,9,12-13H,1,4,7-8,15H2. The third kappa shape index (κ3) is 1.77. The Morgan fingerprint density at radius 2 is 2.24 bits per heavy atom. The number of fused-ring (bicyclic) bond motifs is 1. The lowest BCUT2D eigenvalue weighted by Gasteiger charge is -2.20. The fourth-order valence-corrected chi connectivity index (χ4v) is 3.16. The highest BCUT2D eigenvalue weighted by atomic mass is 15.2. The molecular formula is C13H16N4. The second kappa shape index (κ2) is 4.01. The minimum Gasteiger partial charge on any atom is -0.370 e. The van der Waals surface area contributed by atoms with E-state index in [2.05, 4.69) is 9.88 Å². The molecule has 1 saturated carbocycles. The number of pyridine rings is 1. The molecule has 0 amide bonds. The first-order chi connectivity index (χ1) is 8.28. The zero-order valence-electron chi connectivity index (χ0n) is 9.71. The highest BCUT2D eigenvalue weighted by Crippen LogP contribution is 2.38. The minimum absolute atomic E-state index is 0.372. The van der Waals surface area contributed by atoms with Crippen molar-refractivity contribution in [1.29, 1.82) is 5.26 Å². The molecule has 1 aliphatic heterocycles. The van der Waals surface area contributed by atoms with Gasteiger partial charge in [-0.1, -0.05) is 0 Å². The molecule has 1 saturated heterocycles. The van der Waals surface area contributed by atoms with Gasteiger partial charge in [-0.2, -0.15) is 5.26 Å². The molecule has 88 valence electrons. The molecule has 2 N–H and O–H groups in total. The van der Waals surface area contributed by atoms with E-state index in [0.717, 1.165) is 24.7 Å². The molecule has 3 rings (SSSR count). The Labute approximate surface area is 101 Å². The maximum absolute atomic E-state index is 8.72. The molecule has 1 aromatic heterocycles. The number of nitriles is 1. The van der Waals surface area contributed by atoms with Gasteiger partial charge < -0.3 is 10.6 Å². The largest absolute Gasteiger partial charge is 0.370 e. The molecular weight excluding hydrogens is 212 g/mol. The van der Waals surface area contributed by atoms with E-state index in [0.29, 0.717) is 17.7 Å². The molecule has 3 atom stereocenters. The zero-order valence-corrected chi connectivity index (χ0v) is 9.71. The Balaban J connectivity index is 1.76. The van der Waals surface area contributed by atoms with Crippen molar-refractivity contribution < 1.29 is 0 Å². The van der Waals surface area contributed by atoms with Crippen molar-refractivity contribution in [3.8, 4) is 6.07 Å². The Hall–Kier alpha value is -1.60. The predicted molar refractivity (Wildman–Crippen MR) is 65.4 cm³/mol. The molecule has 1 aromatic rings. The Kier molecular flexibility index (Phi) is 2.49. The van der Waals surface area contributed by atoms with Crippen LogP contribution in [-0.4, -0.2) is 24.1 Å². The maximum Gasteiger partial charge on any atom is 0.140 e. The van der Waals surface area contributed by atoms with E-state index in [1.807, 2.05) is 12.1 Å². The zero-order chi connectivity index (χ0) is 11.8. The number of nitrogens with zero attached hydrogens (tertiary/aromatic N) is 3. The van der Waals surface area contributed by atoms with Gasteiger partial charge >= 0.3 is 0 Å². The summed E-state index contributed by atoms with van der Waals surface area (Å²) in [6.07, 6.45) is 4.23. The number of anilines is 1. The van der Waals surface area contributed by atoms with Crippen LogP contribution < -0.4 is 10.6 Å². The fourth-order valence-electron chi connectivity index (χ4n) is 3.16. The van der Waals surface area contributed by atoms with Crippen LogP contribution in [0.1, 0.15) is 18.5 Å². The Bertz CT molecular complexity index is 447. The van der Waals surface area contributed by atoms with Crippen LogP contribution in [0, 0.1) is 23.2 Å². The molecule has 0 radical (unpaired) electrons. The molecule has 0 aromatic carbocycles. The average molecular weight is 228 g/mol. The summed E-state index contributed by atoms with van der Waals surface area (Å²) in [6, 6.07) is 6.18. The average Bonchev–Trinajstić information content (AvgIpc) is 2.92. The SMILES string of the molecule is N#Cc1ccc(N2CC3CCC(N)C3C2)cn1. The van der Waals surface area contributed by atoms with E-state index < -0.39 is 0 Å². The van der Waals surface area contributed by atoms with E-state index in [4.69, 9.17) is 11.0 Å². The summed E-state index contributed by atoms with van der Waals surface area (Å²) in [7, 11) is 0. The summed E-state index contributed by atoms with van der Waals surface area (Å²) in [5, 5.41) is 8.72. The van der Waals surface area contributed by atoms with Crippen molar-refractivity contribution in [2.45, 2.75) is 18.9 Å². The summed E-state index contributed by atoms with van der Waals surface area (Å²) in [5.74, 6) is 1.39. The van der Waals surface area contributed by atoms with Crippen LogP contribution in [0.3, 0.4) is 0 Å². The highest BCUT2D eigenvalue weighted by molar-refractivity contribution is 5.47. The van der Waals surface area contributed by atoms with Crippen LogP contribution >= 0.6 is 0 Å². The molecule has 1 aliphatic carbocycles. The minimum atomic E-state index is 0.372. The van der Waals surface area contributed by atoms with E-state index in [-0.39, 0.29) is 0 Å². The summed E-state index contributed by atoms with van der Waals surface area (Å²) in [6.45, 7) is 2.13. The summed E-state index contributed by atoms with van der Waals surface area (Å²) < 4.78 is 0. The molecule has 2 aliphatic rings. The third-order valence-corrected chi connectivity index (χ3v) is 4.14. The van der Waals surface area contributed by atoms with E-state index in [1.165, 1.54) is 12.8 Å². The highest BCUT2D eigenvalue weighted by Gasteiger charge is 2.40. The summed E-state index contributed by atoms with van der Waals surface area (Å²) in [4.78, 5) is 6.47. The van der Waals surface area contributed by atoms with E-state index >= 15 is 0 Å². The molecule has 4 nitrogen and oxygen atoms in total. The van der Waals surface area contributed by atoms with Gasteiger partial charge in [0.1, 0.15) is 11.8 Å². The number of hydrogen-bond acceptors (Lipinski definition) is 4. The smallest absolute Gasteiger partial charge is 0.140 e. The van der Waals surface area contributed by atoms with Gasteiger partial charge in [0.05, 0.1) is 11.9 Å². The second-order valence-corrected chi connectivity index (χ2v) is 5.08. The van der Waals surface area contributed by atoms with Gasteiger partial charge in [-0.3, -0.25) is 0 Å². The Morgan fingerprint density at radius 1 is 1.35 bits per heavy atom. The molecule has 17 heavy (non-hydrogen) atoms. The van der Waals surface area contributed by atoms with Gasteiger partial charge in [-0.25, -0.2) is 4.98 Å². The Morgan fingerprint density at radius 3 is 2.88 bits per heavy atom. The molecule has 4 heteroatoms. The van der Waals surface area contributed by atoms with Crippen LogP contribution in [-0.2, 0) is 0 Å². The first-order valence-corrected chi connectivity index (χ1v) is 6.14. The van der Waals surface area contributed by atoms with E-state index in [9.17, 15) is 0 Å². The summed E-state index contributed by atoms with van der Waals surface area (Å²) >= 11 is 0. The van der Waals surface area contributed by atoms with Gasteiger partial charge in [0.25, 0.3) is 0 Å². The van der Waals surface area contributed by atoms with Gasteiger partial charge in [-0.05, 0) is 36.8 Å². The van der Waals surface area contributed by atoms with Crippen LogP contribution in [0.2, 0.25) is 0 Å². The van der Waals surface area contributed by atoms with Crippen LogP contribution in [0.25, 0.3) is 0 Å². The topological polar surface area (TPSA) is 65.9 Å². The maximum atomic E-state index is 8.72. The molecule has 3 unspecified atom stereocenters. The van der Waals surface area contributed by atoms with Crippen molar-refractivity contribution in [2.24, 2.45) is 17.6 Å².